The van der Waals surface area contributed by atoms with Gasteiger partial charge in [-0.2, -0.15) is 0 Å². The number of ether oxygens (including phenoxy) is 1. The number of amides is 1. The van der Waals surface area contributed by atoms with Crippen molar-refractivity contribution >= 4 is 5.91 Å². The lowest BCUT2D eigenvalue weighted by atomic mass is 9.93. The molecule has 5 heteroatoms. The lowest BCUT2D eigenvalue weighted by Crippen LogP contribution is -2.49. The number of aliphatic hydroxyl groups is 1. The zero-order chi connectivity index (χ0) is 17.0. The van der Waals surface area contributed by atoms with Crippen LogP contribution in [0.3, 0.4) is 0 Å². The Balaban J connectivity index is 1.87. The highest BCUT2D eigenvalue weighted by Crippen LogP contribution is 2.22. The van der Waals surface area contributed by atoms with Crippen LogP contribution in [0.4, 0.5) is 0 Å². The molecule has 1 saturated heterocycles. The molecule has 128 valence electrons. The molecule has 1 heterocycles. The summed E-state index contributed by atoms with van der Waals surface area (Å²) < 4.78 is 5.76. The molecule has 0 saturated carbocycles. The van der Waals surface area contributed by atoms with Gasteiger partial charge in [-0.15, -0.1) is 0 Å². The number of primary amides is 1. The molecule has 1 fully saturated rings. The molecule has 1 aromatic rings. The summed E-state index contributed by atoms with van der Waals surface area (Å²) in [5.74, 6) is 0.451. The van der Waals surface area contributed by atoms with Gasteiger partial charge in [0.15, 0.2) is 0 Å². The largest absolute Gasteiger partial charge is 0.491 e. The van der Waals surface area contributed by atoms with Crippen molar-refractivity contribution < 1.29 is 14.6 Å². The van der Waals surface area contributed by atoms with Gasteiger partial charge in [0.1, 0.15) is 18.5 Å². The Morgan fingerprint density at radius 3 is 2.87 bits per heavy atom. The molecule has 0 aliphatic carbocycles. The molecule has 2 rings (SSSR count). The predicted octanol–water partition coefficient (Wildman–Crippen LogP) is 1.63. The normalized spacial score (nSPS) is 23.5. The van der Waals surface area contributed by atoms with Crippen molar-refractivity contribution in [2.75, 3.05) is 19.7 Å². The van der Waals surface area contributed by atoms with E-state index >= 15 is 0 Å². The fourth-order valence-electron chi connectivity index (χ4n) is 3.04. The van der Waals surface area contributed by atoms with Crippen LogP contribution in [-0.4, -0.2) is 47.8 Å². The number of hydrogen-bond acceptors (Lipinski definition) is 4. The highest BCUT2D eigenvalue weighted by molar-refractivity contribution is 5.76. The number of nitrogens with zero attached hydrogens (tertiary/aromatic N) is 1. The van der Waals surface area contributed by atoms with Crippen molar-refractivity contribution in [1.82, 2.24) is 4.90 Å². The van der Waals surface area contributed by atoms with Gasteiger partial charge in [-0.05, 0) is 50.8 Å². The number of piperidine rings is 1. The topological polar surface area (TPSA) is 75.8 Å². The number of β-amino-alcohol motifs (C(OH)–C–C–N with tert-alkyl or cyclic N) is 1. The van der Waals surface area contributed by atoms with Gasteiger partial charge in [-0.25, -0.2) is 0 Å². The molecule has 1 aromatic carbocycles. The van der Waals surface area contributed by atoms with Crippen LogP contribution in [0.1, 0.15) is 30.9 Å². The van der Waals surface area contributed by atoms with Crippen LogP contribution in [-0.2, 0) is 4.79 Å². The van der Waals surface area contributed by atoms with E-state index in [-0.39, 0.29) is 18.4 Å². The van der Waals surface area contributed by atoms with Crippen LogP contribution in [0.5, 0.6) is 5.75 Å². The molecule has 3 N–H and O–H groups in total. The van der Waals surface area contributed by atoms with Gasteiger partial charge in [-0.3, -0.25) is 9.69 Å². The Morgan fingerprint density at radius 1 is 1.43 bits per heavy atom. The Bertz CT molecular complexity index is 547. The van der Waals surface area contributed by atoms with E-state index in [4.69, 9.17) is 10.5 Å². The molecule has 1 aliphatic heterocycles. The number of likely N-dealkylation sites (tertiary alicyclic amines) is 1. The van der Waals surface area contributed by atoms with Gasteiger partial charge in [0, 0.05) is 19.1 Å². The van der Waals surface area contributed by atoms with Crippen LogP contribution >= 0.6 is 0 Å². The van der Waals surface area contributed by atoms with Crippen molar-refractivity contribution in [2.24, 2.45) is 11.7 Å². The summed E-state index contributed by atoms with van der Waals surface area (Å²) in [6.45, 7) is 7.49. The molecule has 0 spiro atoms. The summed E-state index contributed by atoms with van der Waals surface area (Å²) in [4.78, 5) is 13.5. The summed E-state index contributed by atoms with van der Waals surface area (Å²) in [6.07, 6.45) is 1.17. The SMILES string of the molecule is Cc1ccc(C)c(OCC(O)CN2CC(C(N)=O)CCC2C)c1. The minimum absolute atomic E-state index is 0.113. The van der Waals surface area contributed by atoms with Gasteiger partial charge in [0.2, 0.25) is 5.91 Å². The summed E-state index contributed by atoms with van der Waals surface area (Å²) in [5.41, 5.74) is 7.61. The van der Waals surface area contributed by atoms with E-state index in [9.17, 15) is 9.90 Å². The van der Waals surface area contributed by atoms with E-state index in [2.05, 4.69) is 11.8 Å². The van der Waals surface area contributed by atoms with E-state index in [1.54, 1.807) is 0 Å². The Hall–Kier alpha value is -1.59. The second kappa shape index (κ2) is 7.79. The summed E-state index contributed by atoms with van der Waals surface area (Å²) >= 11 is 0. The first-order valence-corrected chi connectivity index (χ1v) is 8.28. The molecule has 3 atom stereocenters. The monoisotopic (exact) mass is 320 g/mol. The highest BCUT2D eigenvalue weighted by atomic mass is 16.5. The number of rotatable bonds is 6. The molecule has 1 aliphatic rings. The fourth-order valence-corrected chi connectivity index (χ4v) is 3.04. The highest BCUT2D eigenvalue weighted by Gasteiger charge is 2.29. The maximum Gasteiger partial charge on any atom is 0.221 e. The minimum Gasteiger partial charge on any atom is -0.491 e. The summed E-state index contributed by atoms with van der Waals surface area (Å²) in [6, 6.07) is 6.38. The molecule has 3 unspecified atom stereocenters. The number of carbonyl (C=O) groups excluding carboxylic acids is 1. The summed E-state index contributed by atoms with van der Waals surface area (Å²) in [7, 11) is 0. The van der Waals surface area contributed by atoms with E-state index in [1.807, 2.05) is 32.0 Å². The van der Waals surface area contributed by atoms with Crippen molar-refractivity contribution in [3.05, 3.63) is 29.3 Å². The number of benzene rings is 1. The van der Waals surface area contributed by atoms with Crippen molar-refractivity contribution in [3.8, 4) is 5.75 Å². The van der Waals surface area contributed by atoms with Crippen LogP contribution in [0.25, 0.3) is 0 Å². The quantitative estimate of drug-likeness (QED) is 0.835. The number of aliphatic hydroxyl groups excluding tert-OH is 1. The van der Waals surface area contributed by atoms with Crippen LogP contribution in [0.15, 0.2) is 18.2 Å². The Kier molecular flexibility index (Phi) is 6.02. The first kappa shape index (κ1) is 17.8. The van der Waals surface area contributed by atoms with E-state index in [1.165, 1.54) is 0 Å². The predicted molar refractivity (Wildman–Crippen MR) is 90.4 cm³/mol. The van der Waals surface area contributed by atoms with Crippen molar-refractivity contribution in [2.45, 2.75) is 45.8 Å². The van der Waals surface area contributed by atoms with Crippen LogP contribution in [0, 0.1) is 19.8 Å². The first-order valence-electron chi connectivity index (χ1n) is 8.28. The van der Waals surface area contributed by atoms with Gasteiger partial charge in [0.05, 0.1) is 5.92 Å². The van der Waals surface area contributed by atoms with Crippen LogP contribution in [0.2, 0.25) is 0 Å². The number of aryl methyl sites for hydroxylation is 2. The molecule has 23 heavy (non-hydrogen) atoms. The number of hydrogen-bond donors (Lipinski definition) is 2. The smallest absolute Gasteiger partial charge is 0.221 e. The second-order valence-electron chi connectivity index (χ2n) is 6.71. The molecule has 5 nitrogen and oxygen atoms in total. The van der Waals surface area contributed by atoms with Gasteiger partial charge in [0.25, 0.3) is 0 Å². The van der Waals surface area contributed by atoms with Crippen LogP contribution < -0.4 is 10.5 Å². The zero-order valence-corrected chi connectivity index (χ0v) is 14.3. The lowest BCUT2D eigenvalue weighted by molar-refractivity contribution is -0.124. The van der Waals surface area contributed by atoms with E-state index < -0.39 is 6.10 Å². The Labute approximate surface area is 138 Å². The van der Waals surface area contributed by atoms with Gasteiger partial charge in [-0.1, -0.05) is 12.1 Å². The maximum atomic E-state index is 11.4. The third kappa shape index (κ3) is 4.94. The third-order valence-electron chi connectivity index (χ3n) is 4.63. The fraction of sp³-hybridized carbons (Fsp3) is 0.611. The van der Waals surface area contributed by atoms with E-state index in [0.29, 0.717) is 19.1 Å². The second-order valence-corrected chi connectivity index (χ2v) is 6.71. The Morgan fingerprint density at radius 2 is 2.17 bits per heavy atom. The average Bonchev–Trinajstić information content (AvgIpc) is 2.50. The molecular formula is C18H28N2O3. The molecule has 1 amide bonds. The molecular weight excluding hydrogens is 292 g/mol. The van der Waals surface area contributed by atoms with Gasteiger partial charge >= 0.3 is 0 Å². The van der Waals surface area contributed by atoms with Crippen molar-refractivity contribution in [3.63, 3.8) is 0 Å². The minimum atomic E-state index is -0.594. The molecule has 0 bridgehead atoms. The first-order chi connectivity index (χ1) is 10.9. The maximum absolute atomic E-state index is 11.4. The molecule has 0 aromatic heterocycles. The van der Waals surface area contributed by atoms with Gasteiger partial charge < -0.3 is 15.6 Å². The average molecular weight is 320 g/mol. The number of nitrogens with two attached hydrogens (primary N) is 1. The lowest BCUT2D eigenvalue weighted by Gasteiger charge is -2.37. The van der Waals surface area contributed by atoms with E-state index in [0.717, 1.165) is 29.7 Å². The van der Waals surface area contributed by atoms with Crippen molar-refractivity contribution in [1.29, 1.82) is 0 Å². The molecule has 0 radical (unpaired) electrons. The standard InChI is InChI=1S/C18H28N2O3/c1-12-4-5-13(2)17(8-12)23-11-16(21)10-20-9-15(18(19)22)7-6-14(20)3/h4-5,8,14-16,21H,6-7,9-11H2,1-3H3,(H2,19,22). The summed E-state index contributed by atoms with van der Waals surface area (Å²) in [5, 5.41) is 10.3. The zero-order valence-electron chi connectivity index (χ0n) is 14.3. The third-order valence-corrected chi connectivity index (χ3v) is 4.63. The number of carbonyl (C=O) groups is 1.